The summed E-state index contributed by atoms with van der Waals surface area (Å²) in [6.45, 7) is 3.78. The molecule has 138 valence electrons. The first-order valence-corrected chi connectivity index (χ1v) is 10.8. The van der Waals surface area contributed by atoms with E-state index in [2.05, 4.69) is 34.5 Å². The number of carbonyl (C=O) groups is 1. The van der Waals surface area contributed by atoms with Crippen LogP contribution in [0, 0.1) is 23.7 Å². The molecule has 5 atom stereocenters. The Balaban J connectivity index is 1.22. The Kier molecular flexibility index (Phi) is 3.36. The zero-order valence-corrected chi connectivity index (χ0v) is 15.6. The Morgan fingerprint density at radius 1 is 1.12 bits per heavy atom. The largest absolute Gasteiger partial charge is 0.349 e. The molecule has 1 aromatic rings. The molecule has 3 aliphatic carbocycles. The molecule has 2 saturated heterocycles. The van der Waals surface area contributed by atoms with Crippen molar-refractivity contribution < 1.29 is 4.79 Å². The van der Waals surface area contributed by atoms with Gasteiger partial charge in [-0.3, -0.25) is 4.79 Å². The zero-order chi connectivity index (χ0) is 17.3. The van der Waals surface area contributed by atoms with Crippen LogP contribution in [0.5, 0.6) is 0 Å². The number of hydrogen-bond donors (Lipinski definition) is 1. The summed E-state index contributed by atoms with van der Waals surface area (Å²) in [5, 5.41) is 3.28. The second-order valence-electron chi connectivity index (χ2n) is 9.83. The molecule has 26 heavy (non-hydrogen) atoms. The van der Waals surface area contributed by atoms with Crippen molar-refractivity contribution in [3.05, 3.63) is 35.4 Å². The number of likely N-dealkylation sites (tertiary alicyclic amines) is 1. The maximum atomic E-state index is 12.1. The Bertz CT molecular complexity index is 735. The molecule has 2 heterocycles. The zero-order valence-electron chi connectivity index (χ0n) is 15.6. The van der Waals surface area contributed by atoms with E-state index in [9.17, 15) is 4.79 Å². The van der Waals surface area contributed by atoms with E-state index in [4.69, 9.17) is 0 Å². The molecule has 1 aromatic carbocycles. The predicted molar refractivity (Wildman–Crippen MR) is 102 cm³/mol. The molecule has 1 amide bonds. The molecule has 2 aliphatic heterocycles. The maximum Gasteiger partial charge on any atom is 0.220 e. The molecular formula is C23H30N2O. The van der Waals surface area contributed by atoms with Gasteiger partial charge in [0.25, 0.3) is 0 Å². The highest BCUT2D eigenvalue weighted by Gasteiger charge is 2.56. The molecule has 3 nitrogen and oxygen atoms in total. The fraction of sp³-hybridized carbons (Fsp3) is 0.696. The van der Waals surface area contributed by atoms with Gasteiger partial charge in [0.05, 0.1) is 6.04 Å². The Hall–Kier alpha value is -1.35. The van der Waals surface area contributed by atoms with Crippen molar-refractivity contribution in [1.29, 1.82) is 0 Å². The van der Waals surface area contributed by atoms with Crippen LogP contribution in [0.25, 0.3) is 0 Å². The van der Waals surface area contributed by atoms with Crippen LogP contribution in [-0.4, -0.2) is 30.4 Å². The van der Waals surface area contributed by atoms with E-state index in [-0.39, 0.29) is 17.4 Å². The van der Waals surface area contributed by atoms with Gasteiger partial charge in [-0.15, -0.1) is 0 Å². The van der Waals surface area contributed by atoms with Crippen molar-refractivity contribution in [2.24, 2.45) is 23.7 Å². The minimum atomic E-state index is 0.242. The Labute approximate surface area is 156 Å². The van der Waals surface area contributed by atoms with Crippen molar-refractivity contribution in [2.75, 3.05) is 19.6 Å². The highest BCUT2D eigenvalue weighted by Crippen LogP contribution is 2.58. The van der Waals surface area contributed by atoms with Gasteiger partial charge in [0.15, 0.2) is 0 Å². The fourth-order valence-corrected chi connectivity index (χ4v) is 7.59. The molecular weight excluding hydrogens is 320 g/mol. The van der Waals surface area contributed by atoms with Gasteiger partial charge < -0.3 is 10.2 Å². The number of amides is 1. The van der Waals surface area contributed by atoms with Gasteiger partial charge in [-0.25, -0.2) is 0 Å². The van der Waals surface area contributed by atoms with E-state index in [1.807, 2.05) is 0 Å². The summed E-state index contributed by atoms with van der Waals surface area (Å²) in [5.74, 6) is 3.81. The summed E-state index contributed by atoms with van der Waals surface area (Å²) in [6.07, 6.45) is 9.22. The van der Waals surface area contributed by atoms with E-state index in [0.717, 1.165) is 24.2 Å². The van der Waals surface area contributed by atoms with Crippen LogP contribution in [0.4, 0.5) is 0 Å². The first kappa shape index (κ1) is 15.7. The molecule has 2 saturated carbocycles. The minimum Gasteiger partial charge on any atom is -0.349 e. The molecule has 0 aromatic heterocycles. The summed E-state index contributed by atoms with van der Waals surface area (Å²) < 4.78 is 0. The second-order valence-corrected chi connectivity index (χ2v) is 9.83. The smallest absolute Gasteiger partial charge is 0.220 e. The normalized spacial score (nSPS) is 40.0. The fourth-order valence-electron chi connectivity index (χ4n) is 7.59. The summed E-state index contributed by atoms with van der Waals surface area (Å²) in [4.78, 5) is 14.9. The van der Waals surface area contributed by atoms with E-state index < -0.39 is 0 Å². The summed E-state index contributed by atoms with van der Waals surface area (Å²) >= 11 is 0. The molecule has 4 fully saturated rings. The Morgan fingerprint density at radius 3 is 2.73 bits per heavy atom. The third-order valence-electron chi connectivity index (χ3n) is 8.79. The highest BCUT2D eigenvalue weighted by molar-refractivity contribution is 5.81. The molecule has 0 radical (unpaired) electrons. The van der Waals surface area contributed by atoms with Crippen LogP contribution in [0.15, 0.2) is 24.3 Å². The standard InChI is InChI=1S/C23H30N2O/c26-21-13-20-22(24-21)18-3-1-2-4-19(18)23(20)7-9-25(10-8-23)14-17-12-15-5-6-16(17)11-15/h1-4,15-17,20,22H,5-14H2,(H,24,26)/t15-,16-,17-,20-,22-/m1/s1. The number of carbonyl (C=O) groups excluding carboxylic acids is 1. The van der Waals surface area contributed by atoms with Crippen LogP contribution in [-0.2, 0) is 10.2 Å². The first-order valence-electron chi connectivity index (χ1n) is 10.8. The quantitative estimate of drug-likeness (QED) is 0.883. The van der Waals surface area contributed by atoms with E-state index >= 15 is 0 Å². The second kappa shape index (κ2) is 5.58. The lowest BCUT2D eigenvalue weighted by Crippen LogP contribution is -2.46. The molecule has 6 rings (SSSR count). The van der Waals surface area contributed by atoms with E-state index in [1.54, 1.807) is 5.56 Å². The van der Waals surface area contributed by atoms with Gasteiger partial charge in [0.1, 0.15) is 0 Å². The topological polar surface area (TPSA) is 32.3 Å². The molecule has 2 bridgehead atoms. The van der Waals surface area contributed by atoms with Crippen LogP contribution in [0.2, 0.25) is 0 Å². The van der Waals surface area contributed by atoms with E-state index in [1.165, 1.54) is 63.7 Å². The average molecular weight is 351 g/mol. The molecule has 1 spiro atoms. The van der Waals surface area contributed by atoms with Crippen LogP contribution in [0.3, 0.4) is 0 Å². The van der Waals surface area contributed by atoms with Crippen LogP contribution >= 0.6 is 0 Å². The number of rotatable bonds is 2. The number of benzene rings is 1. The number of nitrogens with zero attached hydrogens (tertiary/aromatic N) is 1. The lowest BCUT2D eigenvalue weighted by molar-refractivity contribution is -0.119. The number of hydrogen-bond acceptors (Lipinski definition) is 2. The third kappa shape index (κ3) is 2.13. The molecule has 3 heteroatoms. The molecule has 1 N–H and O–H groups in total. The monoisotopic (exact) mass is 350 g/mol. The number of piperidine rings is 1. The first-order chi connectivity index (χ1) is 12.7. The number of nitrogens with one attached hydrogen (secondary N) is 1. The van der Waals surface area contributed by atoms with Crippen molar-refractivity contribution >= 4 is 5.91 Å². The van der Waals surface area contributed by atoms with Crippen LogP contribution in [0.1, 0.15) is 62.1 Å². The summed E-state index contributed by atoms with van der Waals surface area (Å²) in [5.41, 5.74) is 3.20. The van der Waals surface area contributed by atoms with E-state index in [0.29, 0.717) is 5.92 Å². The summed E-state index contributed by atoms with van der Waals surface area (Å²) in [6, 6.07) is 9.23. The van der Waals surface area contributed by atoms with Gasteiger partial charge in [0, 0.05) is 24.3 Å². The highest BCUT2D eigenvalue weighted by atomic mass is 16.2. The number of fused-ring (bicyclic) bond motifs is 7. The SMILES string of the molecule is O=C1C[C@@H]2[C@H](N1)c1ccccc1C21CCN(C[C@H]2C[C@@H]3CC[C@@H]2C3)CC1. The lowest BCUT2D eigenvalue weighted by atomic mass is 9.67. The Morgan fingerprint density at radius 2 is 1.96 bits per heavy atom. The predicted octanol–water partition coefficient (Wildman–Crippen LogP) is 3.65. The van der Waals surface area contributed by atoms with Gasteiger partial charge in [-0.1, -0.05) is 30.7 Å². The van der Waals surface area contributed by atoms with Gasteiger partial charge in [-0.2, -0.15) is 0 Å². The van der Waals surface area contributed by atoms with Gasteiger partial charge in [0.2, 0.25) is 5.91 Å². The average Bonchev–Trinajstić information content (AvgIpc) is 3.41. The molecule has 5 aliphatic rings. The van der Waals surface area contributed by atoms with Crippen molar-refractivity contribution in [3.8, 4) is 0 Å². The summed E-state index contributed by atoms with van der Waals surface area (Å²) in [7, 11) is 0. The third-order valence-corrected chi connectivity index (χ3v) is 8.79. The van der Waals surface area contributed by atoms with Crippen molar-refractivity contribution in [3.63, 3.8) is 0 Å². The lowest BCUT2D eigenvalue weighted by Gasteiger charge is -2.44. The molecule has 0 unspecified atom stereocenters. The van der Waals surface area contributed by atoms with Gasteiger partial charge >= 0.3 is 0 Å². The van der Waals surface area contributed by atoms with Gasteiger partial charge in [-0.05, 0) is 74.1 Å². The van der Waals surface area contributed by atoms with Crippen molar-refractivity contribution in [2.45, 2.75) is 56.4 Å². The van der Waals surface area contributed by atoms with Crippen LogP contribution < -0.4 is 5.32 Å². The van der Waals surface area contributed by atoms with Crippen molar-refractivity contribution in [1.82, 2.24) is 10.2 Å². The maximum absolute atomic E-state index is 12.1. The minimum absolute atomic E-state index is 0.242.